The Hall–Kier alpha value is 0.330. The van der Waals surface area contributed by atoms with Gasteiger partial charge in [-0.25, -0.2) is 4.98 Å². The molecule has 1 rings (SSSR count). The summed E-state index contributed by atoms with van der Waals surface area (Å²) < 4.78 is 0. The van der Waals surface area contributed by atoms with Crippen LogP contribution in [0.1, 0.15) is 50.2 Å². The molecule has 1 aromatic heterocycles. The lowest BCUT2D eigenvalue weighted by molar-refractivity contribution is 0.567. The first-order valence-electron chi connectivity index (χ1n) is 5.56. The minimum Gasteiger partial charge on any atom is -0.245 e. The van der Waals surface area contributed by atoms with Crippen LogP contribution in [0, 0.1) is 0 Å². The van der Waals surface area contributed by atoms with Crippen LogP contribution in [0.15, 0.2) is 0 Å². The second-order valence-electron chi connectivity index (χ2n) is 5.15. The molecule has 0 atom stereocenters. The number of rotatable bonds is 4. The van der Waals surface area contributed by atoms with Crippen molar-refractivity contribution in [2.24, 2.45) is 0 Å². The molecule has 0 saturated carbocycles. The van der Waals surface area contributed by atoms with Gasteiger partial charge in [-0.1, -0.05) is 34.6 Å². The second kappa shape index (κ2) is 5.78. The molecule has 0 amide bonds. The highest BCUT2D eigenvalue weighted by Gasteiger charge is 2.22. The summed E-state index contributed by atoms with van der Waals surface area (Å²) in [7, 11) is 0. The summed E-state index contributed by atoms with van der Waals surface area (Å²) >= 11 is 8.17. The Bertz CT molecular complexity index is 337. The predicted molar refractivity (Wildman–Crippen MR) is 79.9 cm³/mol. The fourth-order valence-corrected chi connectivity index (χ4v) is 3.65. The summed E-state index contributed by atoms with van der Waals surface area (Å²) in [6.45, 7) is 11.1. The summed E-state index contributed by atoms with van der Waals surface area (Å²) in [5.74, 6) is 1.83. The van der Waals surface area contributed by atoms with Gasteiger partial charge in [0.25, 0.3) is 0 Å². The molecule has 0 aliphatic rings. The van der Waals surface area contributed by atoms with Gasteiger partial charge in [0, 0.05) is 21.8 Å². The third-order valence-corrected chi connectivity index (χ3v) is 5.01. The highest BCUT2D eigenvalue weighted by atomic mass is 32.2. The molecular weight excluding hydrogens is 254 g/mol. The highest BCUT2D eigenvalue weighted by molar-refractivity contribution is 7.99. The van der Waals surface area contributed by atoms with Crippen molar-refractivity contribution in [3.63, 3.8) is 0 Å². The van der Waals surface area contributed by atoms with Crippen LogP contribution >= 0.6 is 35.7 Å². The SMILES string of the molecule is CC(C)SCc1nc(C(C)(C)C)c(CS)s1. The van der Waals surface area contributed by atoms with Gasteiger partial charge in [-0.3, -0.25) is 0 Å². The number of hydrogen-bond donors (Lipinski definition) is 1. The second-order valence-corrected chi connectivity index (χ2v) is 8.20. The van der Waals surface area contributed by atoms with Gasteiger partial charge in [-0.05, 0) is 5.25 Å². The van der Waals surface area contributed by atoms with Crippen LogP contribution in [0.4, 0.5) is 0 Å². The average molecular weight is 276 g/mol. The van der Waals surface area contributed by atoms with E-state index in [2.05, 4.69) is 47.2 Å². The van der Waals surface area contributed by atoms with E-state index in [0.29, 0.717) is 5.25 Å². The third-order valence-electron chi connectivity index (χ3n) is 2.14. The number of thioether (sulfide) groups is 1. The van der Waals surface area contributed by atoms with Gasteiger partial charge in [-0.15, -0.1) is 11.3 Å². The lowest BCUT2D eigenvalue weighted by Gasteiger charge is -2.16. The molecule has 1 heterocycles. The van der Waals surface area contributed by atoms with Gasteiger partial charge in [0.15, 0.2) is 0 Å². The van der Waals surface area contributed by atoms with E-state index in [9.17, 15) is 0 Å². The molecular formula is C12H21NS3. The molecule has 16 heavy (non-hydrogen) atoms. The Morgan fingerprint density at radius 2 is 2.00 bits per heavy atom. The van der Waals surface area contributed by atoms with E-state index < -0.39 is 0 Å². The lowest BCUT2D eigenvalue weighted by Crippen LogP contribution is -2.13. The van der Waals surface area contributed by atoms with Crippen molar-refractivity contribution in [2.45, 2.75) is 56.8 Å². The third kappa shape index (κ3) is 3.97. The van der Waals surface area contributed by atoms with Gasteiger partial charge >= 0.3 is 0 Å². The first-order valence-corrected chi connectivity index (χ1v) is 8.06. The van der Waals surface area contributed by atoms with Gasteiger partial charge in [0.05, 0.1) is 5.69 Å². The highest BCUT2D eigenvalue weighted by Crippen LogP contribution is 2.32. The molecule has 0 aromatic carbocycles. The molecule has 0 saturated heterocycles. The number of hydrogen-bond acceptors (Lipinski definition) is 4. The normalized spacial score (nSPS) is 12.4. The van der Waals surface area contributed by atoms with E-state index in [1.54, 1.807) is 0 Å². The van der Waals surface area contributed by atoms with Gasteiger partial charge in [0.1, 0.15) is 5.01 Å². The molecule has 0 bridgehead atoms. The van der Waals surface area contributed by atoms with Gasteiger partial charge in [0.2, 0.25) is 0 Å². The van der Waals surface area contributed by atoms with Crippen LogP contribution in [-0.2, 0) is 16.9 Å². The molecule has 0 fully saturated rings. The molecule has 92 valence electrons. The van der Waals surface area contributed by atoms with Crippen molar-refractivity contribution < 1.29 is 0 Å². The molecule has 4 heteroatoms. The van der Waals surface area contributed by atoms with E-state index in [4.69, 9.17) is 4.98 Å². The molecule has 0 N–H and O–H groups in total. The zero-order valence-electron chi connectivity index (χ0n) is 10.7. The number of nitrogens with zero attached hydrogens (tertiary/aromatic N) is 1. The molecule has 0 aliphatic carbocycles. The van der Waals surface area contributed by atoms with Gasteiger partial charge in [-0.2, -0.15) is 24.4 Å². The number of thiazole rings is 1. The first kappa shape index (κ1) is 14.4. The molecule has 1 aromatic rings. The molecule has 0 radical (unpaired) electrons. The summed E-state index contributed by atoms with van der Waals surface area (Å²) in [5, 5.41) is 1.91. The van der Waals surface area contributed by atoms with Crippen molar-refractivity contribution in [2.75, 3.05) is 0 Å². The van der Waals surface area contributed by atoms with Crippen LogP contribution in [0.25, 0.3) is 0 Å². The van der Waals surface area contributed by atoms with Crippen molar-refractivity contribution in [3.8, 4) is 0 Å². The Balaban J connectivity index is 2.86. The van der Waals surface area contributed by atoms with E-state index in [1.807, 2.05) is 23.1 Å². The van der Waals surface area contributed by atoms with E-state index >= 15 is 0 Å². The smallest absolute Gasteiger partial charge is 0.103 e. The Morgan fingerprint density at radius 1 is 1.38 bits per heavy atom. The van der Waals surface area contributed by atoms with Crippen molar-refractivity contribution in [3.05, 3.63) is 15.6 Å². The Morgan fingerprint density at radius 3 is 2.38 bits per heavy atom. The summed E-state index contributed by atoms with van der Waals surface area (Å²) in [4.78, 5) is 6.10. The maximum atomic E-state index is 4.77. The number of thiol groups is 1. The van der Waals surface area contributed by atoms with Crippen LogP contribution in [0.2, 0.25) is 0 Å². The van der Waals surface area contributed by atoms with Crippen LogP contribution in [0.3, 0.4) is 0 Å². The quantitative estimate of drug-likeness (QED) is 0.812. The van der Waals surface area contributed by atoms with Crippen molar-refractivity contribution in [1.29, 1.82) is 0 Å². The minimum atomic E-state index is 0.134. The Kier molecular flexibility index (Phi) is 5.20. The predicted octanol–water partition coefficient (Wildman–Crippen LogP) is 4.51. The number of aromatic nitrogens is 1. The van der Waals surface area contributed by atoms with E-state index in [-0.39, 0.29) is 5.41 Å². The summed E-state index contributed by atoms with van der Waals surface area (Å²) in [6, 6.07) is 0. The van der Waals surface area contributed by atoms with E-state index in [0.717, 1.165) is 11.5 Å². The zero-order chi connectivity index (χ0) is 12.3. The zero-order valence-corrected chi connectivity index (χ0v) is 13.2. The average Bonchev–Trinajstić information content (AvgIpc) is 2.57. The minimum absolute atomic E-state index is 0.134. The van der Waals surface area contributed by atoms with Crippen LogP contribution in [-0.4, -0.2) is 10.2 Å². The maximum Gasteiger partial charge on any atom is 0.103 e. The molecule has 0 aliphatic heterocycles. The van der Waals surface area contributed by atoms with Crippen molar-refractivity contribution in [1.82, 2.24) is 4.98 Å². The standard InChI is InChI=1S/C12H21NS3/c1-8(2)15-7-10-13-11(12(3,4)5)9(6-14)16-10/h8,14H,6-7H2,1-5H3. The fourth-order valence-electron chi connectivity index (χ4n) is 1.39. The maximum absolute atomic E-state index is 4.77. The fraction of sp³-hybridized carbons (Fsp3) is 0.750. The summed E-state index contributed by atoms with van der Waals surface area (Å²) in [6.07, 6.45) is 0. The topological polar surface area (TPSA) is 12.9 Å². The van der Waals surface area contributed by atoms with Crippen molar-refractivity contribution >= 4 is 35.7 Å². The molecule has 0 spiro atoms. The lowest BCUT2D eigenvalue weighted by atomic mass is 9.91. The summed E-state index contributed by atoms with van der Waals surface area (Å²) in [5.41, 5.74) is 1.36. The van der Waals surface area contributed by atoms with E-state index in [1.165, 1.54) is 15.6 Å². The van der Waals surface area contributed by atoms with Crippen LogP contribution < -0.4 is 0 Å². The van der Waals surface area contributed by atoms with Crippen LogP contribution in [0.5, 0.6) is 0 Å². The monoisotopic (exact) mass is 275 g/mol. The molecule has 1 nitrogen and oxygen atoms in total. The van der Waals surface area contributed by atoms with Gasteiger partial charge < -0.3 is 0 Å². The Labute approximate surface area is 113 Å². The largest absolute Gasteiger partial charge is 0.245 e. The first-order chi connectivity index (χ1) is 7.34. The molecule has 0 unspecified atom stereocenters.